The topological polar surface area (TPSA) is 41.2 Å². The SMILES string of the molecule is [C-]#[N+]c1cc(-n2c3ccc(N(c4ccccc4)c4ccccc4)cc3c3c4ccccc4ccc32)c(C#N)cc1-n1c2ccccc2c2ccccc21. The number of benzene rings is 8. The minimum Gasteiger partial charge on any atom is -0.319 e. The molecule has 0 aliphatic carbocycles. The Hall–Kier alpha value is -7.60. The Morgan fingerprint density at radius 1 is 0.472 bits per heavy atom. The average molecular weight is 676 g/mol. The van der Waals surface area contributed by atoms with E-state index in [1.807, 2.05) is 48.5 Å². The van der Waals surface area contributed by atoms with Crippen LogP contribution in [0.25, 0.3) is 70.6 Å². The average Bonchev–Trinajstić information content (AvgIpc) is 3.74. The summed E-state index contributed by atoms with van der Waals surface area (Å²) in [6, 6.07) is 62.9. The van der Waals surface area contributed by atoms with Crippen molar-refractivity contribution in [2.75, 3.05) is 4.90 Å². The zero-order valence-corrected chi connectivity index (χ0v) is 28.5. The van der Waals surface area contributed by atoms with Gasteiger partial charge in [0, 0.05) is 38.6 Å². The maximum absolute atomic E-state index is 10.9. The molecule has 5 nitrogen and oxygen atoms in total. The van der Waals surface area contributed by atoms with Gasteiger partial charge in [0.25, 0.3) is 0 Å². The number of para-hydroxylation sites is 4. The summed E-state index contributed by atoms with van der Waals surface area (Å²) in [6.45, 7) is 8.44. The van der Waals surface area contributed by atoms with Crippen LogP contribution in [-0.4, -0.2) is 9.13 Å². The number of anilines is 3. The van der Waals surface area contributed by atoms with Crippen LogP contribution in [0.1, 0.15) is 5.56 Å². The molecule has 0 saturated carbocycles. The zero-order valence-electron chi connectivity index (χ0n) is 28.5. The highest BCUT2D eigenvalue weighted by Gasteiger charge is 2.23. The van der Waals surface area contributed by atoms with Crippen LogP contribution in [0.2, 0.25) is 0 Å². The van der Waals surface area contributed by atoms with Gasteiger partial charge in [-0.3, -0.25) is 0 Å². The largest absolute Gasteiger partial charge is 0.319 e. The van der Waals surface area contributed by atoms with Crippen LogP contribution in [0, 0.1) is 17.9 Å². The predicted molar refractivity (Wildman–Crippen MR) is 218 cm³/mol. The molecule has 0 unspecified atom stereocenters. The molecule has 0 spiro atoms. The molecule has 2 heterocycles. The second kappa shape index (κ2) is 12.0. The zero-order chi connectivity index (χ0) is 35.5. The van der Waals surface area contributed by atoms with Crippen LogP contribution in [0.5, 0.6) is 0 Å². The van der Waals surface area contributed by atoms with Crippen molar-refractivity contribution in [3.63, 3.8) is 0 Å². The number of rotatable bonds is 5. The molecule has 10 rings (SSSR count). The summed E-state index contributed by atoms with van der Waals surface area (Å²) in [5, 5.41) is 17.5. The maximum Gasteiger partial charge on any atom is 0.212 e. The number of aromatic nitrogens is 2. The first-order valence-electron chi connectivity index (χ1n) is 17.5. The van der Waals surface area contributed by atoms with Crippen LogP contribution in [0.4, 0.5) is 22.7 Å². The van der Waals surface area contributed by atoms with Gasteiger partial charge in [0.15, 0.2) is 0 Å². The fraction of sp³-hybridized carbons (Fsp3) is 0. The lowest BCUT2D eigenvalue weighted by Crippen LogP contribution is -2.09. The van der Waals surface area contributed by atoms with E-state index >= 15 is 0 Å². The van der Waals surface area contributed by atoms with Crippen molar-refractivity contribution >= 4 is 77.1 Å². The van der Waals surface area contributed by atoms with E-state index in [1.54, 1.807) is 0 Å². The molecular formula is C48H29N5. The molecular weight excluding hydrogens is 647 g/mol. The van der Waals surface area contributed by atoms with Crippen molar-refractivity contribution in [2.24, 2.45) is 0 Å². The number of hydrogen-bond donors (Lipinski definition) is 0. The molecule has 0 radical (unpaired) electrons. The normalized spacial score (nSPS) is 11.4. The van der Waals surface area contributed by atoms with Crippen molar-refractivity contribution in [3.05, 3.63) is 193 Å². The van der Waals surface area contributed by atoms with E-state index in [2.05, 4.69) is 152 Å². The van der Waals surface area contributed by atoms with E-state index in [0.29, 0.717) is 22.6 Å². The van der Waals surface area contributed by atoms with E-state index in [1.165, 1.54) is 0 Å². The Morgan fingerprint density at radius 2 is 1.02 bits per heavy atom. The van der Waals surface area contributed by atoms with E-state index < -0.39 is 0 Å². The molecule has 8 aromatic carbocycles. The molecule has 0 aliphatic heterocycles. The van der Waals surface area contributed by atoms with Gasteiger partial charge >= 0.3 is 0 Å². The van der Waals surface area contributed by atoms with Gasteiger partial charge in [-0.15, -0.1) is 0 Å². The van der Waals surface area contributed by atoms with Crippen molar-refractivity contribution in [3.8, 4) is 17.4 Å². The second-order valence-corrected chi connectivity index (χ2v) is 13.2. The summed E-state index contributed by atoms with van der Waals surface area (Å²) in [6.07, 6.45) is 0. The van der Waals surface area contributed by atoms with Gasteiger partial charge in [0.2, 0.25) is 5.69 Å². The highest BCUT2D eigenvalue weighted by molar-refractivity contribution is 6.22. The lowest BCUT2D eigenvalue weighted by atomic mass is 10.0. The number of fused-ring (bicyclic) bond motifs is 8. The first kappa shape index (κ1) is 30.2. The lowest BCUT2D eigenvalue weighted by molar-refractivity contribution is 1.14. The molecule has 53 heavy (non-hydrogen) atoms. The van der Waals surface area contributed by atoms with Gasteiger partial charge in [-0.2, -0.15) is 5.26 Å². The fourth-order valence-electron chi connectivity index (χ4n) is 8.07. The Labute approximate surface area is 305 Å². The first-order valence-corrected chi connectivity index (χ1v) is 17.5. The Bertz CT molecular complexity index is 3050. The summed E-state index contributed by atoms with van der Waals surface area (Å²) in [5.74, 6) is 0. The molecule has 0 aliphatic rings. The van der Waals surface area contributed by atoms with Crippen LogP contribution in [-0.2, 0) is 0 Å². The summed E-state index contributed by atoms with van der Waals surface area (Å²) >= 11 is 0. The van der Waals surface area contributed by atoms with Crippen molar-refractivity contribution < 1.29 is 0 Å². The summed E-state index contributed by atoms with van der Waals surface area (Å²) in [4.78, 5) is 6.37. The third kappa shape index (κ3) is 4.62. The van der Waals surface area contributed by atoms with E-state index in [4.69, 9.17) is 6.57 Å². The second-order valence-electron chi connectivity index (χ2n) is 13.2. The van der Waals surface area contributed by atoms with E-state index in [9.17, 15) is 5.26 Å². The molecule has 2 aromatic heterocycles. The molecule has 0 N–H and O–H groups in total. The van der Waals surface area contributed by atoms with Gasteiger partial charge in [0.1, 0.15) is 6.07 Å². The maximum atomic E-state index is 10.9. The lowest BCUT2D eigenvalue weighted by Gasteiger charge is -2.25. The third-order valence-corrected chi connectivity index (χ3v) is 10.3. The van der Waals surface area contributed by atoms with Crippen molar-refractivity contribution in [2.45, 2.75) is 0 Å². The number of hydrogen-bond acceptors (Lipinski definition) is 2. The van der Waals surface area contributed by atoms with Gasteiger partial charge in [0.05, 0.1) is 45.6 Å². The summed E-state index contributed by atoms with van der Waals surface area (Å²) in [5.41, 5.74) is 9.36. The van der Waals surface area contributed by atoms with Gasteiger partial charge in [-0.05, 0) is 83.6 Å². The monoisotopic (exact) mass is 675 g/mol. The van der Waals surface area contributed by atoms with Crippen LogP contribution >= 0.6 is 0 Å². The Morgan fingerprint density at radius 3 is 1.66 bits per heavy atom. The van der Waals surface area contributed by atoms with Gasteiger partial charge in [-0.1, -0.05) is 103 Å². The number of nitrogens with zero attached hydrogens (tertiary/aromatic N) is 5. The minimum absolute atomic E-state index is 0.470. The van der Waals surface area contributed by atoms with E-state index in [-0.39, 0.29) is 0 Å². The predicted octanol–water partition coefficient (Wildman–Crippen LogP) is 12.9. The van der Waals surface area contributed by atoms with Crippen LogP contribution in [0.3, 0.4) is 0 Å². The van der Waals surface area contributed by atoms with Crippen LogP contribution < -0.4 is 4.90 Å². The molecule has 10 aromatic rings. The Kier molecular flexibility index (Phi) is 6.86. The van der Waals surface area contributed by atoms with Crippen molar-refractivity contribution in [1.82, 2.24) is 9.13 Å². The Balaban J connectivity index is 1.27. The molecule has 0 atom stereocenters. The van der Waals surface area contributed by atoms with Gasteiger partial charge < -0.3 is 14.0 Å². The highest BCUT2D eigenvalue weighted by atomic mass is 15.1. The fourth-order valence-corrected chi connectivity index (χ4v) is 8.07. The third-order valence-electron chi connectivity index (χ3n) is 10.3. The smallest absolute Gasteiger partial charge is 0.212 e. The first-order chi connectivity index (χ1) is 26.2. The molecule has 0 fully saturated rings. The number of nitriles is 1. The quantitative estimate of drug-likeness (QED) is 0.170. The minimum atomic E-state index is 0.470. The summed E-state index contributed by atoms with van der Waals surface area (Å²) in [7, 11) is 0. The molecule has 246 valence electrons. The molecule has 0 saturated heterocycles. The molecule has 5 heteroatoms. The highest BCUT2D eigenvalue weighted by Crippen LogP contribution is 2.44. The van der Waals surface area contributed by atoms with Crippen LogP contribution in [0.15, 0.2) is 176 Å². The van der Waals surface area contributed by atoms with Gasteiger partial charge in [-0.25, -0.2) is 4.85 Å². The van der Waals surface area contributed by atoms with E-state index in [0.717, 1.165) is 71.4 Å². The standard InChI is InChI=1S/C48H29N5/c1-50-41-30-46(33(31-49)28-47(41)52-42-22-12-10-20-38(42)39-21-11-13-23-43(39)52)53-44-27-25-36(51(34-15-4-2-5-16-34)35-17-6-3-7-18-35)29-40(44)48-37-19-9-8-14-32(37)24-26-45(48)53/h2-30H. The van der Waals surface area contributed by atoms with Crippen molar-refractivity contribution in [1.29, 1.82) is 5.26 Å². The molecule has 0 bridgehead atoms. The summed E-state index contributed by atoms with van der Waals surface area (Å²) < 4.78 is 4.29. The molecule has 0 amide bonds.